The van der Waals surface area contributed by atoms with E-state index in [1.165, 1.54) is 33.3 Å². The number of amides is 10. The van der Waals surface area contributed by atoms with Crippen molar-refractivity contribution in [2.24, 2.45) is 29.4 Å². The minimum atomic E-state index is -1.12. The van der Waals surface area contributed by atoms with Gasteiger partial charge in [0, 0.05) is 53.5 Å². The summed E-state index contributed by atoms with van der Waals surface area (Å²) in [6.45, 7) is 13.1. The van der Waals surface area contributed by atoms with Crippen LogP contribution >= 0.6 is 0 Å². The Hall–Kier alpha value is -7.90. The van der Waals surface area contributed by atoms with E-state index >= 15 is 0 Å². The molecule has 1 aliphatic heterocycles. The lowest BCUT2D eigenvalue weighted by Gasteiger charge is -2.39. The van der Waals surface area contributed by atoms with Gasteiger partial charge in [0.15, 0.2) is 0 Å². The number of hydrogen-bond donors (Lipinski definition) is 7. The number of carbonyl (C=O) groups is 10. The van der Waals surface area contributed by atoms with Gasteiger partial charge in [0.05, 0.1) is 76.7 Å². The van der Waals surface area contributed by atoms with Crippen molar-refractivity contribution in [3.8, 4) is 12.3 Å². The summed E-state index contributed by atoms with van der Waals surface area (Å²) >= 11 is 0. The van der Waals surface area contributed by atoms with E-state index in [1.54, 1.807) is 70.8 Å². The molecular formula is C65H100N10O17. The van der Waals surface area contributed by atoms with Crippen molar-refractivity contribution in [2.45, 2.75) is 148 Å². The molecule has 92 heavy (non-hydrogen) atoms. The van der Waals surface area contributed by atoms with Crippen LogP contribution in [0, 0.1) is 36.0 Å². The number of hydrogen-bond acceptors (Lipinski definition) is 17. The van der Waals surface area contributed by atoms with E-state index in [0.29, 0.717) is 50.3 Å². The molecule has 512 valence electrons. The van der Waals surface area contributed by atoms with Crippen LogP contribution in [-0.4, -0.2) is 217 Å². The molecule has 0 spiro atoms. The standard InChI is InChI=1S/C65H100N10O17/c1-14-31-89-32-33-90-34-35-91-40-52(76)72-55(41(3)4)61(81)70-48(23-19-29-67-64(66)84)60(80)69-47-27-25-46(26-28-47)39-92-65(85)74(10)56(42(5)6)62(82)68-38-54(78)73(9)57(43(7)15-2)51(86-11)37-53(77)75-30-20-24-50(75)58(87-12)44(8)59(79)71-49(63(83)88-13)36-45-21-17-16-18-22-45/h1,16-18,21-22,25-28,41-44,48-51,55-58H,15,19-20,23-24,29-40H2,2-13H3,(H,68,82)(H,69,80)(H,70,81)(H,71,79)(H,72,76)(H3,66,67,84)/t43?,44-,48-,49+,50+,51-,55?,56?,57?,58-/m1/s1. The molecule has 1 heterocycles. The van der Waals surface area contributed by atoms with Crippen molar-refractivity contribution >= 4 is 65.1 Å². The third-order valence-electron chi connectivity index (χ3n) is 16.0. The van der Waals surface area contributed by atoms with Crippen molar-refractivity contribution in [1.29, 1.82) is 0 Å². The Labute approximate surface area is 541 Å². The SMILES string of the molecule is C#CCOCCOCCOCC(=O)NC(C(=O)N[C@H](CCCNC(N)=O)C(=O)Nc1ccc(COC(=O)N(C)C(C(=O)NCC(=O)N(C)C(C(C)CC)[C@@H](CC(=O)N2CCC[C@H]2[C@H](OC)[C@@H](C)C(=O)N[C@@H](Cc2ccccc2)C(=O)OC)OC)C(C)C)cc1)C(C)C. The zero-order valence-electron chi connectivity index (χ0n) is 55.6. The summed E-state index contributed by atoms with van der Waals surface area (Å²) in [6, 6.07) is 9.55. The van der Waals surface area contributed by atoms with E-state index in [-0.39, 0.29) is 77.1 Å². The number of anilines is 1. The molecule has 0 saturated carbocycles. The molecule has 4 unspecified atom stereocenters. The van der Waals surface area contributed by atoms with Gasteiger partial charge >= 0.3 is 18.1 Å². The topological polar surface area (TPSA) is 343 Å². The van der Waals surface area contributed by atoms with Gasteiger partial charge in [-0.05, 0) is 66.7 Å². The molecule has 0 aromatic heterocycles. The maximum atomic E-state index is 14.4. The van der Waals surface area contributed by atoms with E-state index < -0.39 is 126 Å². The monoisotopic (exact) mass is 1290 g/mol. The normalized spacial score (nSPS) is 15.8. The maximum absolute atomic E-state index is 14.4. The molecule has 1 saturated heterocycles. The third kappa shape index (κ3) is 26.0. The largest absolute Gasteiger partial charge is 0.467 e. The zero-order valence-corrected chi connectivity index (χ0v) is 55.6. The molecule has 2 aromatic rings. The predicted octanol–water partition coefficient (Wildman–Crippen LogP) is 2.91. The molecule has 10 atom stereocenters. The fourth-order valence-corrected chi connectivity index (χ4v) is 10.8. The number of rotatable bonds is 41. The van der Waals surface area contributed by atoms with Gasteiger partial charge in [-0.1, -0.05) is 103 Å². The molecule has 0 radical (unpaired) electrons. The fourth-order valence-electron chi connectivity index (χ4n) is 10.8. The molecule has 8 N–H and O–H groups in total. The number of likely N-dealkylation sites (tertiary alicyclic amines) is 1. The number of methoxy groups -OCH3 is 3. The third-order valence-corrected chi connectivity index (χ3v) is 16.0. The number of benzene rings is 2. The number of primary amides is 1. The summed E-state index contributed by atoms with van der Waals surface area (Å²) < 4.78 is 38.4. The first-order valence-corrected chi connectivity index (χ1v) is 31.2. The summed E-state index contributed by atoms with van der Waals surface area (Å²) in [5.74, 6) is -3.58. The lowest BCUT2D eigenvalue weighted by atomic mass is 9.90. The van der Waals surface area contributed by atoms with E-state index in [1.807, 2.05) is 44.2 Å². The Morgan fingerprint density at radius 2 is 1.39 bits per heavy atom. The fraction of sp³-hybridized carbons (Fsp3) is 0.631. The Morgan fingerprint density at radius 1 is 0.739 bits per heavy atom. The Bertz CT molecular complexity index is 2710. The van der Waals surface area contributed by atoms with Gasteiger partial charge in [-0.3, -0.25) is 38.5 Å². The van der Waals surface area contributed by atoms with E-state index in [2.05, 4.69) is 37.8 Å². The summed E-state index contributed by atoms with van der Waals surface area (Å²) in [6.07, 6.45) is 5.07. The van der Waals surface area contributed by atoms with Crippen LogP contribution in [0.4, 0.5) is 15.3 Å². The van der Waals surface area contributed by atoms with Crippen molar-refractivity contribution in [3.05, 3.63) is 65.7 Å². The van der Waals surface area contributed by atoms with Gasteiger partial charge in [0.1, 0.15) is 44.0 Å². The van der Waals surface area contributed by atoms with Gasteiger partial charge in [-0.2, -0.15) is 0 Å². The molecule has 1 fully saturated rings. The van der Waals surface area contributed by atoms with Crippen LogP contribution in [0.5, 0.6) is 0 Å². The molecular weight excluding hydrogens is 1190 g/mol. The quantitative estimate of drug-likeness (QED) is 0.0286. The highest BCUT2D eigenvalue weighted by Crippen LogP contribution is 2.30. The molecule has 1 aliphatic rings. The van der Waals surface area contributed by atoms with Crippen LogP contribution in [-0.2, 0) is 84.5 Å². The first-order valence-electron chi connectivity index (χ1n) is 31.2. The minimum Gasteiger partial charge on any atom is -0.467 e. The molecule has 10 amide bonds. The van der Waals surface area contributed by atoms with Crippen LogP contribution in [0.3, 0.4) is 0 Å². The number of likely N-dealkylation sites (N-methyl/N-ethyl adjacent to an activating group) is 2. The van der Waals surface area contributed by atoms with Crippen molar-refractivity contribution in [1.82, 2.24) is 41.3 Å². The average Bonchev–Trinajstić information content (AvgIpc) is 1.55. The number of urea groups is 1. The van der Waals surface area contributed by atoms with Crippen molar-refractivity contribution < 1.29 is 81.1 Å². The second-order valence-electron chi connectivity index (χ2n) is 23.4. The number of esters is 1. The Balaban J connectivity index is 1.62. The highest BCUT2D eigenvalue weighted by molar-refractivity contribution is 5.98. The van der Waals surface area contributed by atoms with E-state index in [9.17, 15) is 47.9 Å². The lowest BCUT2D eigenvalue weighted by Crippen LogP contribution is -2.56. The predicted molar refractivity (Wildman–Crippen MR) is 342 cm³/mol. The summed E-state index contributed by atoms with van der Waals surface area (Å²) in [4.78, 5) is 138. The Morgan fingerprint density at radius 3 is 1.99 bits per heavy atom. The molecule has 27 heteroatoms. The van der Waals surface area contributed by atoms with E-state index in [4.69, 9.17) is 45.3 Å². The van der Waals surface area contributed by atoms with Gasteiger partial charge in [0.25, 0.3) is 0 Å². The molecule has 27 nitrogen and oxygen atoms in total. The molecule has 0 bridgehead atoms. The van der Waals surface area contributed by atoms with Gasteiger partial charge in [-0.15, -0.1) is 6.42 Å². The van der Waals surface area contributed by atoms with Crippen molar-refractivity contribution in [3.63, 3.8) is 0 Å². The smallest absolute Gasteiger partial charge is 0.410 e. The number of ether oxygens (including phenoxy) is 7. The second kappa shape index (κ2) is 41.6. The number of nitrogens with one attached hydrogen (secondary N) is 6. The number of terminal acetylenes is 1. The van der Waals surface area contributed by atoms with Crippen LogP contribution < -0.4 is 37.6 Å². The molecule has 3 rings (SSSR count). The highest BCUT2D eigenvalue weighted by Gasteiger charge is 2.43. The number of nitrogens with two attached hydrogens (primary N) is 1. The highest BCUT2D eigenvalue weighted by atomic mass is 16.6. The minimum absolute atomic E-state index is 0.0819. The summed E-state index contributed by atoms with van der Waals surface area (Å²) in [5, 5.41) is 16.2. The van der Waals surface area contributed by atoms with E-state index in [0.717, 1.165) is 10.5 Å². The number of carbonyl (C=O) groups excluding carboxylic acids is 10. The van der Waals surface area contributed by atoms with Gasteiger partial charge < -0.3 is 80.6 Å². The van der Waals surface area contributed by atoms with Gasteiger partial charge in [-0.25, -0.2) is 14.4 Å². The van der Waals surface area contributed by atoms with Crippen LogP contribution in [0.25, 0.3) is 0 Å². The lowest BCUT2D eigenvalue weighted by molar-refractivity contribution is -0.148. The molecule has 0 aliphatic carbocycles. The summed E-state index contributed by atoms with van der Waals surface area (Å²) in [7, 11) is 7.21. The molecule has 2 aromatic carbocycles. The van der Waals surface area contributed by atoms with Crippen LogP contribution in [0.2, 0.25) is 0 Å². The first-order chi connectivity index (χ1) is 43.8. The van der Waals surface area contributed by atoms with Crippen LogP contribution in [0.15, 0.2) is 54.6 Å². The maximum Gasteiger partial charge on any atom is 0.410 e. The van der Waals surface area contributed by atoms with Crippen LogP contribution in [0.1, 0.15) is 98.1 Å². The van der Waals surface area contributed by atoms with Gasteiger partial charge in [0.2, 0.25) is 41.4 Å². The summed E-state index contributed by atoms with van der Waals surface area (Å²) in [5.41, 5.74) is 6.91. The average molecular weight is 1290 g/mol. The Kier molecular flexibility index (Phi) is 35.4. The zero-order chi connectivity index (χ0) is 68.5. The number of nitrogens with zero attached hydrogens (tertiary/aromatic N) is 3. The first kappa shape index (κ1) is 78.3. The second-order valence-corrected chi connectivity index (χ2v) is 23.4. The van der Waals surface area contributed by atoms with Crippen molar-refractivity contribution in [2.75, 3.05) is 100 Å².